The topological polar surface area (TPSA) is 56.8 Å². The largest absolute Gasteiger partial charge is 0.573 e. The third-order valence-corrected chi connectivity index (χ3v) is 4.15. The van der Waals surface area contributed by atoms with E-state index in [2.05, 4.69) is 10.1 Å². The maximum absolute atomic E-state index is 12.2. The summed E-state index contributed by atoms with van der Waals surface area (Å²) in [6.07, 6.45) is -2.27. The molecule has 1 saturated heterocycles. The minimum absolute atomic E-state index is 0.0256. The van der Waals surface area contributed by atoms with Crippen molar-refractivity contribution in [1.82, 2.24) is 5.32 Å². The third-order valence-electron chi connectivity index (χ3n) is 4.15. The van der Waals surface area contributed by atoms with Crippen LogP contribution in [-0.4, -0.2) is 37.7 Å². The fourth-order valence-corrected chi connectivity index (χ4v) is 2.64. The van der Waals surface area contributed by atoms with Crippen LogP contribution in [0.4, 0.5) is 13.2 Å². The fraction of sp³-hybridized carbons (Fsp3) is 0.611. The monoisotopic (exact) mass is 375 g/mol. The van der Waals surface area contributed by atoms with Crippen LogP contribution in [0.2, 0.25) is 0 Å². The zero-order valence-electron chi connectivity index (χ0n) is 14.8. The van der Waals surface area contributed by atoms with Crippen LogP contribution in [0.3, 0.4) is 0 Å². The van der Waals surface area contributed by atoms with Crippen molar-refractivity contribution in [1.29, 1.82) is 0 Å². The molecule has 26 heavy (non-hydrogen) atoms. The van der Waals surface area contributed by atoms with E-state index in [1.54, 1.807) is 13.8 Å². The molecule has 1 aliphatic heterocycles. The summed E-state index contributed by atoms with van der Waals surface area (Å²) in [7, 11) is 0. The smallest absolute Gasteiger partial charge is 0.406 e. The molecule has 146 valence electrons. The van der Waals surface area contributed by atoms with Crippen molar-refractivity contribution in [2.75, 3.05) is 13.2 Å². The summed E-state index contributed by atoms with van der Waals surface area (Å²) in [5.74, 6) is -0.590. The Morgan fingerprint density at radius 1 is 1.27 bits per heavy atom. The molecule has 1 aromatic rings. The number of alkyl halides is 3. The molecule has 0 radical (unpaired) electrons. The normalized spacial score (nSPS) is 20.3. The Balaban J connectivity index is 1.79. The van der Waals surface area contributed by atoms with Gasteiger partial charge in [-0.2, -0.15) is 0 Å². The molecular weight excluding hydrogens is 351 g/mol. The molecule has 5 nitrogen and oxygen atoms in total. The first-order chi connectivity index (χ1) is 12.2. The molecule has 0 aliphatic carbocycles. The molecule has 0 unspecified atom stereocenters. The molecule has 8 heteroatoms. The van der Waals surface area contributed by atoms with Gasteiger partial charge in [-0.1, -0.05) is 12.1 Å². The van der Waals surface area contributed by atoms with Gasteiger partial charge in [0.05, 0.1) is 18.8 Å². The van der Waals surface area contributed by atoms with Crippen LogP contribution in [0.25, 0.3) is 0 Å². The quantitative estimate of drug-likeness (QED) is 0.789. The lowest BCUT2D eigenvalue weighted by Crippen LogP contribution is -2.38. The summed E-state index contributed by atoms with van der Waals surface area (Å²) in [6, 6.07) is 5.01. The number of hydrogen-bond donors (Lipinski definition) is 1. The van der Waals surface area contributed by atoms with Crippen molar-refractivity contribution in [3.8, 4) is 5.75 Å². The van der Waals surface area contributed by atoms with E-state index >= 15 is 0 Å². The number of rotatable bonds is 7. The number of ether oxygens (including phenoxy) is 3. The maximum atomic E-state index is 12.2. The van der Waals surface area contributed by atoms with Crippen LogP contribution in [0.15, 0.2) is 24.3 Å². The summed E-state index contributed by atoms with van der Waals surface area (Å²) >= 11 is 0. The lowest BCUT2D eigenvalue weighted by Gasteiger charge is -2.24. The van der Waals surface area contributed by atoms with Gasteiger partial charge in [-0.05, 0) is 50.8 Å². The number of nitrogens with one attached hydrogen (secondary N) is 1. The Bertz CT molecular complexity index is 571. The summed E-state index contributed by atoms with van der Waals surface area (Å²) in [5, 5.41) is 2.78. The van der Waals surface area contributed by atoms with E-state index in [1.165, 1.54) is 24.3 Å². The van der Waals surface area contributed by atoms with Crippen molar-refractivity contribution in [2.24, 2.45) is 0 Å². The number of halogens is 3. The Hall–Kier alpha value is -1.80. The van der Waals surface area contributed by atoms with Crippen molar-refractivity contribution < 1.29 is 32.2 Å². The fourth-order valence-electron chi connectivity index (χ4n) is 2.64. The zero-order chi connectivity index (χ0) is 19.2. The molecule has 1 aliphatic rings. The highest BCUT2D eigenvalue weighted by molar-refractivity contribution is 5.80. The summed E-state index contributed by atoms with van der Waals surface area (Å²) in [5.41, 5.74) is 0.663. The molecular formula is C18H24F3NO4. The first-order valence-electron chi connectivity index (χ1n) is 8.64. The van der Waals surface area contributed by atoms with Gasteiger partial charge in [-0.25, -0.2) is 0 Å². The van der Waals surface area contributed by atoms with Crippen molar-refractivity contribution in [3.63, 3.8) is 0 Å². The molecule has 1 N–H and O–H groups in total. The van der Waals surface area contributed by atoms with Crippen LogP contribution < -0.4 is 10.1 Å². The van der Waals surface area contributed by atoms with Crippen molar-refractivity contribution in [2.45, 2.75) is 57.7 Å². The molecule has 0 aromatic heterocycles. The first-order valence-corrected chi connectivity index (χ1v) is 8.64. The number of carbonyl (C=O) groups excluding carboxylic acids is 1. The minimum Gasteiger partial charge on any atom is -0.406 e. The van der Waals surface area contributed by atoms with E-state index in [1.807, 2.05) is 0 Å². The maximum Gasteiger partial charge on any atom is 0.573 e. The highest BCUT2D eigenvalue weighted by Gasteiger charge is 2.31. The molecule has 1 heterocycles. The number of benzene rings is 1. The number of hydrogen-bond acceptors (Lipinski definition) is 4. The predicted molar refractivity (Wildman–Crippen MR) is 88.7 cm³/mol. The van der Waals surface area contributed by atoms with Gasteiger partial charge in [-0.15, -0.1) is 13.2 Å². The molecule has 2 rings (SSSR count). The Morgan fingerprint density at radius 3 is 2.54 bits per heavy atom. The Kier molecular flexibility index (Phi) is 7.28. The van der Waals surface area contributed by atoms with Crippen molar-refractivity contribution in [3.05, 3.63) is 29.8 Å². The second-order valence-corrected chi connectivity index (χ2v) is 6.31. The molecule has 0 saturated carbocycles. The minimum atomic E-state index is -4.73. The highest BCUT2D eigenvalue weighted by atomic mass is 19.4. The molecule has 1 fully saturated rings. The van der Waals surface area contributed by atoms with Crippen LogP contribution in [-0.2, 0) is 14.3 Å². The average molecular weight is 375 g/mol. The van der Waals surface area contributed by atoms with Gasteiger partial charge in [0.15, 0.2) is 0 Å². The van der Waals surface area contributed by atoms with Gasteiger partial charge in [-0.3, -0.25) is 4.79 Å². The lowest BCUT2D eigenvalue weighted by molar-refractivity contribution is -0.274. The third kappa shape index (κ3) is 6.84. The van der Waals surface area contributed by atoms with Crippen LogP contribution in [0.1, 0.15) is 44.7 Å². The van der Waals surface area contributed by atoms with Crippen LogP contribution in [0.5, 0.6) is 5.75 Å². The van der Waals surface area contributed by atoms with E-state index in [4.69, 9.17) is 9.47 Å². The van der Waals surface area contributed by atoms with E-state index in [9.17, 15) is 18.0 Å². The lowest BCUT2D eigenvalue weighted by atomic mass is 10.1. The van der Waals surface area contributed by atoms with Gasteiger partial charge >= 0.3 is 6.36 Å². The van der Waals surface area contributed by atoms with Gasteiger partial charge in [0.2, 0.25) is 5.91 Å². The molecule has 0 bridgehead atoms. The molecule has 3 atom stereocenters. The summed E-state index contributed by atoms with van der Waals surface area (Å²) in [4.78, 5) is 12.2. The summed E-state index contributed by atoms with van der Waals surface area (Å²) in [6.45, 7) is 4.49. The predicted octanol–water partition coefficient (Wildman–Crippen LogP) is 3.74. The average Bonchev–Trinajstić information content (AvgIpc) is 2.59. The van der Waals surface area contributed by atoms with Gasteiger partial charge in [0, 0.05) is 6.61 Å². The van der Waals surface area contributed by atoms with E-state index in [-0.39, 0.29) is 23.8 Å². The molecule has 1 aromatic carbocycles. The molecule has 1 amide bonds. The Labute approximate surface area is 150 Å². The Morgan fingerprint density at radius 2 is 1.96 bits per heavy atom. The van der Waals surface area contributed by atoms with Crippen LogP contribution in [0, 0.1) is 0 Å². The van der Waals surface area contributed by atoms with Gasteiger partial charge in [0.25, 0.3) is 0 Å². The second kappa shape index (κ2) is 9.23. The summed E-state index contributed by atoms with van der Waals surface area (Å²) < 4.78 is 51.5. The number of carbonyl (C=O) groups is 1. The molecule has 0 spiro atoms. The van der Waals surface area contributed by atoms with Crippen LogP contribution >= 0.6 is 0 Å². The number of amides is 1. The van der Waals surface area contributed by atoms with E-state index < -0.39 is 12.5 Å². The standard InChI is InChI=1S/C18H24F3NO4/c1-12(14-6-8-15(9-7-14)26-18(19,20)21)22-17(23)13(2)25-11-16-5-3-4-10-24-16/h6-9,12-13,16H,3-5,10-11H2,1-2H3,(H,22,23)/t12-,13-,16+/m0/s1. The van der Waals surface area contributed by atoms with E-state index in [0.29, 0.717) is 12.2 Å². The SMILES string of the molecule is C[C@H](OC[C@H]1CCCCO1)C(=O)N[C@@H](C)c1ccc(OC(F)(F)F)cc1. The first kappa shape index (κ1) is 20.5. The van der Waals surface area contributed by atoms with Gasteiger partial charge in [0.1, 0.15) is 11.9 Å². The van der Waals surface area contributed by atoms with Gasteiger partial charge < -0.3 is 19.5 Å². The van der Waals surface area contributed by atoms with E-state index in [0.717, 1.165) is 25.9 Å². The second-order valence-electron chi connectivity index (χ2n) is 6.31. The highest BCUT2D eigenvalue weighted by Crippen LogP contribution is 2.24. The van der Waals surface area contributed by atoms with Crippen molar-refractivity contribution >= 4 is 5.91 Å². The zero-order valence-corrected chi connectivity index (χ0v) is 14.8.